The van der Waals surface area contributed by atoms with E-state index < -0.39 is 9.84 Å². The van der Waals surface area contributed by atoms with Crippen LogP contribution in [0.15, 0.2) is 29.2 Å². The topological polar surface area (TPSA) is 34.1 Å². The Kier molecular flexibility index (Phi) is 2.59. The van der Waals surface area contributed by atoms with Crippen molar-refractivity contribution in [3.05, 3.63) is 29.8 Å². The van der Waals surface area contributed by atoms with Crippen LogP contribution >= 0.6 is 0 Å². The Morgan fingerprint density at radius 1 is 1.27 bits per heavy atom. The van der Waals surface area contributed by atoms with Crippen molar-refractivity contribution in [2.75, 3.05) is 5.75 Å². The van der Waals surface area contributed by atoms with Crippen molar-refractivity contribution >= 4 is 9.84 Å². The lowest BCUT2D eigenvalue weighted by atomic mass is 9.86. The SMILES string of the molecule is CC(C)C1CCS(=O)(=O)c2ccccc21. The highest BCUT2D eigenvalue weighted by Crippen LogP contribution is 2.37. The molecule has 0 amide bonds. The second kappa shape index (κ2) is 3.63. The van der Waals surface area contributed by atoms with Crippen LogP contribution in [0.2, 0.25) is 0 Å². The Hall–Kier alpha value is -0.830. The molecule has 1 aromatic carbocycles. The molecule has 0 saturated heterocycles. The molecule has 0 bridgehead atoms. The highest BCUT2D eigenvalue weighted by Gasteiger charge is 2.31. The minimum Gasteiger partial charge on any atom is -0.224 e. The number of sulfone groups is 1. The van der Waals surface area contributed by atoms with Gasteiger partial charge in [-0.3, -0.25) is 0 Å². The predicted molar refractivity (Wildman–Crippen MR) is 60.7 cm³/mol. The van der Waals surface area contributed by atoms with Gasteiger partial charge in [-0.15, -0.1) is 0 Å². The monoisotopic (exact) mass is 224 g/mol. The van der Waals surface area contributed by atoms with E-state index in [-0.39, 0.29) is 0 Å². The van der Waals surface area contributed by atoms with E-state index in [1.165, 1.54) is 0 Å². The fourth-order valence-corrected chi connectivity index (χ4v) is 3.96. The van der Waals surface area contributed by atoms with Gasteiger partial charge in [0.2, 0.25) is 0 Å². The van der Waals surface area contributed by atoms with Crippen LogP contribution in [0.5, 0.6) is 0 Å². The van der Waals surface area contributed by atoms with Gasteiger partial charge in [-0.25, -0.2) is 8.42 Å². The van der Waals surface area contributed by atoms with Crippen LogP contribution in [0.3, 0.4) is 0 Å². The van der Waals surface area contributed by atoms with Gasteiger partial charge in [0.05, 0.1) is 10.6 Å². The Morgan fingerprint density at radius 2 is 1.93 bits per heavy atom. The van der Waals surface area contributed by atoms with Crippen molar-refractivity contribution in [2.45, 2.75) is 31.1 Å². The van der Waals surface area contributed by atoms with Gasteiger partial charge < -0.3 is 0 Å². The van der Waals surface area contributed by atoms with Gasteiger partial charge in [-0.1, -0.05) is 32.0 Å². The highest BCUT2D eigenvalue weighted by molar-refractivity contribution is 7.91. The second-order valence-corrected chi connectivity index (χ2v) is 6.57. The van der Waals surface area contributed by atoms with Gasteiger partial charge in [0.15, 0.2) is 9.84 Å². The number of rotatable bonds is 1. The van der Waals surface area contributed by atoms with Crippen molar-refractivity contribution in [1.29, 1.82) is 0 Å². The zero-order valence-corrected chi connectivity index (χ0v) is 9.92. The zero-order chi connectivity index (χ0) is 11.1. The van der Waals surface area contributed by atoms with Crippen molar-refractivity contribution in [1.82, 2.24) is 0 Å². The third kappa shape index (κ3) is 1.81. The van der Waals surface area contributed by atoms with Crippen molar-refractivity contribution < 1.29 is 8.42 Å². The molecular weight excluding hydrogens is 208 g/mol. The molecule has 1 atom stereocenters. The third-order valence-electron chi connectivity index (χ3n) is 3.16. The molecule has 1 aliphatic heterocycles. The summed E-state index contributed by atoms with van der Waals surface area (Å²) >= 11 is 0. The normalized spacial score (nSPS) is 23.8. The molecule has 0 aliphatic carbocycles. The van der Waals surface area contributed by atoms with E-state index >= 15 is 0 Å². The standard InChI is InChI=1S/C12H16O2S/c1-9(2)10-7-8-15(13,14)12-6-4-3-5-11(10)12/h3-6,9-10H,7-8H2,1-2H3. The van der Waals surface area contributed by atoms with E-state index in [1.807, 2.05) is 12.1 Å². The van der Waals surface area contributed by atoms with E-state index in [1.54, 1.807) is 12.1 Å². The molecule has 1 heterocycles. The van der Waals surface area contributed by atoms with E-state index in [0.29, 0.717) is 22.5 Å². The lowest BCUT2D eigenvalue weighted by Gasteiger charge is -2.28. The molecule has 0 spiro atoms. The molecule has 0 radical (unpaired) electrons. The first kappa shape index (κ1) is 10.7. The van der Waals surface area contributed by atoms with Crippen LogP contribution in [0.4, 0.5) is 0 Å². The Morgan fingerprint density at radius 3 is 2.60 bits per heavy atom. The van der Waals surface area contributed by atoms with Crippen molar-refractivity contribution in [2.24, 2.45) is 5.92 Å². The van der Waals surface area contributed by atoms with Crippen LogP contribution in [0, 0.1) is 5.92 Å². The van der Waals surface area contributed by atoms with Gasteiger partial charge in [0.25, 0.3) is 0 Å². The maximum absolute atomic E-state index is 11.8. The van der Waals surface area contributed by atoms with E-state index in [0.717, 1.165) is 12.0 Å². The average Bonchev–Trinajstić information content (AvgIpc) is 2.17. The zero-order valence-electron chi connectivity index (χ0n) is 9.10. The Labute approximate surface area is 91.2 Å². The molecule has 1 aliphatic rings. The van der Waals surface area contributed by atoms with Gasteiger partial charge in [0.1, 0.15) is 0 Å². The summed E-state index contributed by atoms with van der Waals surface area (Å²) in [7, 11) is -3.01. The van der Waals surface area contributed by atoms with E-state index in [2.05, 4.69) is 13.8 Å². The summed E-state index contributed by atoms with van der Waals surface area (Å²) in [6.07, 6.45) is 0.761. The number of fused-ring (bicyclic) bond motifs is 1. The molecule has 3 heteroatoms. The summed E-state index contributed by atoms with van der Waals surface area (Å²) in [5, 5.41) is 0. The van der Waals surface area contributed by atoms with Crippen molar-refractivity contribution in [3.8, 4) is 0 Å². The first-order valence-corrected chi connectivity index (χ1v) is 6.99. The molecule has 0 fully saturated rings. The van der Waals surface area contributed by atoms with Gasteiger partial charge >= 0.3 is 0 Å². The number of hydrogen-bond donors (Lipinski definition) is 0. The minimum absolute atomic E-state index is 0.298. The Balaban J connectivity index is 2.59. The summed E-state index contributed by atoms with van der Waals surface area (Å²) in [5.41, 5.74) is 1.01. The summed E-state index contributed by atoms with van der Waals surface area (Å²) in [6, 6.07) is 7.42. The predicted octanol–water partition coefficient (Wildman–Crippen LogP) is 2.60. The van der Waals surface area contributed by atoms with E-state index in [4.69, 9.17) is 0 Å². The van der Waals surface area contributed by atoms with Crippen LogP contribution in [-0.2, 0) is 9.84 Å². The molecule has 0 saturated carbocycles. The first-order valence-electron chi connectivity index (χ1n) is 5.34. The molecule has 15 heavy (non-hydrogen) atoms. The molecular formula is C12H16O2S. The summed E-state index contributed by atoms with van der Waals surface area (Å²) in [4.78, 5) is 0.551. The molecule has 0 aromatic heterocycles. The lowest BCUT2D eigenvalue weighted by molar-refractivity contribution is 0.464. The fourth-order valence-electron chi connectivity index (χ4n) is 2.31. The molecule has 0 N–H and O–H groups in total. The smallest absolute Gasteiger partial charge is 0.178 e. The Bertz CT molecular complexity index is 460. The molecule has 1 aromatic rings. The average molecular weight is 224 g/mol. The number of benzene rings is 1. The third-order valence-corrected chi connectivity index (χ3v) is 4.97. The maximum atomic E-state index is 11.8. The molecule has 82 valence electrons. The fraction of sp³-hybridized carbons (Fsp3) is 0.500. The van der Waals surface area contributed by atoms with Gasteiger partial charge in [-0.2, -0.15) is 0 Å². The van der Waals surface area contributed by atoms with Crippen LogP contribution in [-0.4, -0.2) is 14.2 Å². The molecule has 1 unspecified atom stereocenters. The van der Waals surface area contributed by atoms with Crippen LogP contribution in [0.25, 0.3) is 0 Å². The largest absolute Gasteiger partial charge is 0.224 e. The number of hydrogen-bond acceptors (Lipinski definition) is 2. The second-order valence-electron chi connectivity index (χ2n) is 4.50. The van der Waals surface area contributed by atoms with Crippen LogP contribution < -0.4 is 0 Å². The highest BCUT2D eigenvalue weighted by atomic mass is 32.2. The maximum Gasteiger partial charge on any atom is 0.178 e. The first-order chi connectivity index (χ1) is 7.02. The summed E-state index contributed by atoms with van der Waals surface area (Å²) in [5.74, 6) is 1.19. The van der Waals surface area contributed by atoms with Gasteiger partial charge in [-0.05, 0) is 29.9 Å². The lowest BCUT2D eigenvalue weighted by Crippen LogP contribution is -2.22. The molecule has 2 rings (SSSR count). The van der Waals surface area contributed by atoms with Crippen LogP contribution in [0.1, 0.15) is 31.7 Å². The van der Waals surface area contributed by atoms with Gasteiger partial charge in [0, 0.05) is 0 Å². The summed E-state index contributed by atoms with van der Waals surface area (Å²) in [6.45, 7) is 4.30. The van der Waals surface area contributed by atoms with Crippen molar-refractivity contribution in [3.63, 3.8) is 0 Å². The van der Waals surface area contributed by atoms with E-state index in [9.17, 15) is 8.42 Å². The minimum atomic E-state index is -3.01. The molecule has 2 nitrogen and oxygen atoms in total. The quantitative estimate of drug-likeness (QED) is 0.734. The summed E-state index contributed by atoms with van der Waals surface area (Å²) < 4.78 is 23.7.